The van der Waals surface area contributed by atoms with Crippen molar-refractivity contribution >= 4 is 17.8 Å². The highest BCUT2D eigenvalue weighted by atomic mass is 32.2. The lowest BCUT2D eigenvalue weighted by atomic mass is 10.0. The van der Waals surface area contributed by atoms with E-state index in [0.29, 0.717) is 18.3 Å². The smallest absolute Gasteiger partial charge is 0.321 e. The largest absolute Gasteiger partial charge is 0.382 e. The van der Waals surface area contributed by atoms with Crippen LogP contribution in [0, 0.1) is 0 Å². The molecule has 154 valence electrons. The van der Waals surface area contributed by atoms with Gasteiger partial charge in [0.1, 0.15) is 0 Å². The average molecular weight is 411 g/mol. The first-order chi connectivity index (χ1) is 14.3. The highest BCUT2D eigenvalue weighted by Crippen LogP contribution is 2.42. The summed E-state index contributed by atoms with van der Waals surface area (Å²) in [6.07, 6.45) is 2.16. The molecule has 2 aromatic carbocycles. The van der Waals surface area contributed by atoms with Crippen LogP contribution in [0.4, 0.5) is 4.79 Å². The Morgan fingerprint density at radius 1 is 0.966 bits per heavy atom. The average Bonchev–Trinajstić information content (AvgIpc) is 3.27. The maximum Gasteiger partial charge on any atom is 0.321 e. The van der Waals surface area contributed by atoms with Gasteiger partial charge in [0.2, 0.25) is 0 Å². The van der Waals surface area contributed by atoms with Crippen LogP contribution in [0.1, 0.15) is 30.9 Å². The number of amides is 2. The summed E-state index contributed by atoms with van der Waals surface area (Å²) in [5, 5.41) is 0.480. The van der Waals surface area contributed by atoms with Crippen LogP contribution in [-0.4, -0.2) is 52.1 Å². The van der Waals surface area contributed by atoms with Crippen molar-refractivity contribution in [2.45, 2.75) is 50.2 Å². The summed E-state index contributed by atoms with van der Waals surface area (Å²) < 4.78 is 5.55. The van der Waals surface area contributed by atoms with Crippen molar-refractivity contribution in [2.24, 2.45) is 0 Å². The summed E-state index contributed by atoms with van der Waals surface area (Å²) in [4.78, 5) is 17.7. The minimum Gasteiger partial charge on any atom is -0.382 e. The Morgan fingerprint density at radius 3 is 2.21 bits per heavy atom. The molecule has 0 aliphatic carbocycles. The molecule has 4 nitrogen and oxygen atoms in total. The lowest BCUT2D eigenvalue weighted by Crippen LogP contribution is -2.40. The standard InChI is InChI=1S/C24H30N2O2S/c1-2-28-15-9-14-22-23-21(18-29-22)25(16-19-10-5-3-6-11-19)24(27)26(23)17-20-12-7-4-8-13-20/h3-8,10-13,21-23H,2,9,14-18H2,1H3. The summed E-state index contributed by atoms with van der Waals surface area (Å²) in [5.41, 5.74) is 2.40. The fraction of sp³-hybridized carbons (Fsp3) is 0.458. The van der Waals surface area contributed by atoms with Crippen LogP contribution >= 0.6 is 11.8 Å². The van der Waals surface area contributed by atoms with Crippen molar-refractivity contribution in [3.8, 4) is 0 Å². The Labute approximate surface area is 178 Å². The molecule has 0 radical (unpaired) electrons. The summed E-state index contributed by atoms with van der Waals surface area (Å²) in [6.45, 7) is 5.00. The molecule has 0 N–H and O–H groups in total. The molecule has 0 aromatic heterocycles. The Bertz CT molecular complexity index is 786. The van der Waals surface area contributed by atoms with E-state index in [9.17, 15) is 4.79 Å². The van der Waals surface area contributed by atoms with Crippen LogP contribution in [-0.2, 0) is 17.8 Å². The Hall–Kier alpha value is -1.98. The lowest BCUT2D eigenvalue weighted by molar-refractivity contribution is 0.141. The van der Waals surface area contributed by atoms with Crippen LogP contribution in [0.5, 0.6) is 0 Å². The molecule has 5 heteroatoms. The van der Waals surface area contributed by atoms with E-state index >= 15 is 0 Å². The number of nitrogens with zero attached hydrogens (tertiary/aromatic N) is 2. The molecule has 2 aliphatic rings. The predicted molar refractivity (Wildman–Crippen MR) is 119 cm³/mol. The van der Waals surface area contributed by atoms with E-state index < -0.39 is 0 Å². The lowest BCUT2D eigenvalue weighted by Gasteiger charge is -2.27. The van der Waals surface area contributed by atoms with Crippen molar-refractivity contribution in [1.29, 1.82) is 0 Å². The Kier molecular flexibility index (Phi) is 6.78. The maximum atomic E-state index is 13.5. The number of carbonyl (C=O) groups excluding carboxylic acids is 1. The summed E-state index contributed by atoms with van der Waals surface area (Å²) in [6, 6.07) is 21.5. The maximum absolute atomic E-state index is 13.5. The normalized spacial score (nSPS) is 23.6. The zero-order chi connectivity index (χ0) is 20.1. The Morgan fingerprint density at radius 2 is 1.59 bits per heavy atom. The number of benzene rings is 2. The third kappa shape index (κ3) is 4.62. The molecule has 2 heterocycles. The van der Waals surface area contributed by atoms with Crippen LogP contribution in [0.15, 0.2) is 60.7 Å². The fourth-order valence-corrected chi connectivity index (χ4v) is 6.17. The van der Waals surface area contributed by atoms with Gasteiger partial charge in [-0.2, -0.15) is 11.8 Å². The minimum absolute atomic E-state index is 0.183. The van der Waals surface area contributed by atoms with Crippen molar-refractivity contribution in [3.05, 3.63) is 71.8 Å². The van der Waals surface area contributed by atoms with Gasteiger partial charge in [-0.3, -0.25) is 0 Å². The molecule has 0 bridgehead atoms. The molecular weight excluding hydrogens is 380 g/mol. The predicted octanol–water partition coefficient (Wildman–Crippen LogP) is 4.79. The molecule has 2 aromatic rings. The second-order valence-corrected chi connectivity index (χ2v) is 9.05. The van der Waals surface area contributed by atoms with Gasteiger partial charge in [-0.25, -0.2) is 4.79 Å². The number of hydrogen-bond acceptors (Lipinski definition) is 3. The van der Waals surface area contributed by atoms with Gasteiger partial charge in [0.15, 0.2) is 0 Å². The first-order valence-corrected chi connectivity index (χ1v) is 11.7. The second kappa shape index (κ2) is 9.68. The van der Waals surface area contributed by atoms with Crippen molar-refractivity contribution < 1.29 is 9.53 Å². The third-order valence-electron chi connectivity index (χ3n) is 5.88. The van der Waals surface area contributed by atoms with E-state index in [0.717, 1.165) is 31.8 Å². The van der Waals surface area contributed by atoms with Crippen molar-refractivity contribution in [1.82, 2.24) is 9.80 Å². The molecule has 2 saturated heterocycles. The van der Waals surface area contributed by atoms with E-state index in [1.807, 2.05) is 30.8 Å². The quantitative estimate of drug-likeness (QED) is 0.440. The number of hydrogen-bond donors (Lipinski definition) is 0. The monoisotopic (exact) mass is 410 g/mol. The number of rotatable bonds is 9. The van der Waals surface area contributed by atoms with E-state index in [-0.39, 0.29) is 18.1 Å². The van der Waals surface area contributed by atoms with Crippen LogP contribution in [0.3, 0.4) is 0 Å². The van der Waals surface area contributed by atoms with E-state index in [4.69, 9.17) is 4.74 Å². The van der Waals surface area contributed by atoms with Crippen molar-refractivity contribution in [2.75, 3.05) is 19.0 Å². The van der Waals surface area contributed by atoms with Crippen LogP contribution in [0.2, 0.25) is 0 Å². The van der Waals surface area contributed by atoms with Gasteiger partial charge < -0.3 is 14.5 Å². The molecule has 0 spiro atoms. The molecule has 3 atom stereocenters. The van der Waals surface area contributed by atoms with E-state index in [1.54, 1.807) is 0 Å². The topological polar surface area (TPSA) is 32.8 Å². The van der Waals surface area contributed by atoms with Gasteiger partial charge in [0.25, 0.3) is 0 Å². The molecule has 2 aliphatic heterocycles. The minimum atomic E-state index is 0.183. The number of thioether (sulfide) groups is 1. The molecule has 29 heavy (non-hydrogen) atoms. The highest BCUT2D eigenvalue weighted by molar-refractivity contribution is 8.00. The zero-order valence-corrected chi connectivity index (χ0v) is 17.9. The van der Waals surface area contributed by atoms with Gasteiger partial charge in [-0.1, -0.05) is 60.7 Å². The van der Waals surface area contributed by atoms with E-state index in [1.165, 1.54) is 11.1 Å². The first kappa shape index (κ1) is 20.3. The Balaban J connectivity index is 1.53. The highest BCUT2D eigenvalue weighted by Gasteiger charge is 2.52. The second-order valence-electron chi connectivity index (χ2n) is 7.78. The molecule has 3 unspecified atom stereocenters. The SMILES string of the molecule is CCOCCCC1SCC2C1N(Cc1ccccc1)C(=O)N2Cc1ccccc1. The number of carbonyl (C=O) groups is 1. The van der Waals surface area contributed by atoms with Gasteiger partial charge in [-0.15, -0.1) is 0 Å². The van der Waals surface area contributed by atoms with Gasteiger partial charge in [0.05, 0.1) is 12.1 Å². The summed E-state index contributed by atoms with van der Waals surface area (Å²) >= 11 is 2.03. The van der Waals surface area contributed by atoms with Gasteiger partial charge in [-0.05, 0) is 30.9 Å². The number of ether oxygens (including phenoxy) is 1. The van der Waals surface area contributed by atoms with Gasteiger partial charge >= 0.3 is 6.03 Å². The molecule has 2 fully saturated rings. The summed E-state index contributed by atoms with van der Waals surface area (Å²) in [5.74, 6) is 1.02. The van der Waals surface area contributed by atoms with Gasteiger partial charge in [0, 0.05) is 37.3 Å². The first-order valence-electron chi connectivity index (χ1n) is 10.6. The zero-order valence-electron chi connectivity index (χ0n) is 17.1. The molecular formula is C24H30N2O2S. The third-order valence-corrected chi connectivity index (χ3v) is 7.36. The van der Waals surface area contributed by atoms with Crippen molar-refractivity contribution in [3.63, 3.8) is 0 Å². The van der Waals surface area contributed by atoms with Crippen LogP contribution in [0.25, 0.3) is 0 Å². The number of urea groups is 1. The van der Waals surface area contributed by atoms with Crippen LogP contribution < -0.4 is 0 Å². The molecule has 0 saturated carbocycles. The molecule has 2 amide bonds. The number of fused-ring (bicyclic) bond motifs is 1. The molecule has 4 rings (SSSR count). The van der Waals surface area contributed by atoms with E-state index in [2.05, 4.69) is 58.3 Å². The fourth-order valence-electron chi connectivity index (χ4n) is 4.49. The summed E-state index contributed by atoms with van der Waals surface area (Å²) in [7, 11) is 0.